The van der Waals surface area contributed by atoms with Crippen molar-refractivity contribution in [1.29, 1.82) is 0 Å². The van der Waals surface area contributed by atoms with Crippen molar-refractivity contribution in [3.8, 4) is 0 Å². The van der Waals surface area contributed by atoms with Gasteiger partial charge in [0.1, 0.15) is 12.1 Å². The number of benzene rings is 1. The smallest absolute Gasteiger partial charge is 0.329 e. The van der Waals surface area contributed by atoms with E-state index in [0.717, 1.165) is 11.1 Å². The molecule has 0 fully saturated rings. The van der Waals surface area contributed by atoms with Crippen molar-refractivity contribution in [2.45, 2.75) is 51.5 Å². The molecule has 2 aliphatic heterocycles. The van der Waals surface area contributed by atoms with Crippen molar-refractivity contribution in [2.75, 3.05) is 24.7 Å². The van der Waals surface area contributed by atoms with E-state index < -0.39 is 23.8 Å². The van der Waals surface area contributed by atoms with Crippen molar-refractivity contribution in [1.82, 2.24) is 0 Å². The van der Waals surface area contributed by atoms with Gasteiger partial charge in [-0.05, 0) is 33.1 Å². The van der Waals surface area contributed by atoms with E-state index in [2.05, 4.69) is 11.7 Å². The Kier molecular flexibility index (Phi) is 5.62. The summed E-state index contributed by atoms with van der Waals surface area (Å²) in [5, 5.41) is 0. The molecule has 2 heterocycles. The Bertz CT molecular complexity index is 742. The molecule has 0 radical (unpaired) electrons. The van der Waals surface area contributed by atoms with E-state index in [1.165, 1.54) is 4.90 Å². The SMILES string of the molecule is C=NC1CC(OCC)(OCC)c2cccc3c2N(C1=O)C(C(=O)OCC)C3. The number of carbonyl (C=O) groups is 2. The maximum Gasteiger partial charge on any atom is 0.329 e. The van der Waals surface area contributed by atoms with Crippen molar-refractivity contribution in [3.05, 3.63) is 29.3 Å². The summed E-state index contributed by atoms with van der Waals surface area (Å²) in [5.41, 5.74) is 2.32. The number of nitrogens with zero attached hydrogens (tertiary/aromatic N) is 2. The summed E-state index contributed by atoms with van der Waals surface area (Å²) in [6, 6.07) is 4.22. The minimum absolute atomic E-state index is 0.208. The molecule has 0 saturated heterocycles. The molecule has 2 unspecified atom stereocenters. The fourth-order valence-corrected chi connectivity index (χ4v) is 4.03. The van der Waals surface area contributed by atoms with E-state index in [4.69, 9.17) is 14.2 Å². The van der Waals surface area contributed by atoms with Crippen LogP contribution in [0.25, 0.3) is 0 Å². The van der Waals surface area contributed by atoms with Crippen LogP contribution >= 0.6 is 0 Å². The van der Waals surface area contributed by atoms with E-state index in [0.29, 0.717) is 25.3 Å². The van der Waals surface area contributed by atoms with Gasteiger partial charge in [0.05, 0.1) is 12.3 Å². The molecule has 0 bridgehead atoms. The normalized spacial score (nSPS) is 22.9. The van der Waals surface area contributed by atoms with Gasteiger partial charge in [-0.15, -0.1) is 0 Å². The number of hydrogen-bond acceptors (Lipinski definition) is 6. The second-order valence-electron chi connectivity index (χ2n) is 6.51. The highest BCUT2D eigenvalue weighted by Crippen LogP contribution is 2.47. The van der Waals surface area contributed by atoms with Crippen LogP contribution in [0.4, 0.5) is 5.69 Å². The van der Waals surface area contributed by atoms with Crippen LogP contribution in [0.15, 0.2) is 23.2 Å². The lowest BCUT2D eigenvalue weighted by atomic mass is 9.95. The molecule has 0 saturated carbocycles. The van der Waals surface area contributed by atoms with Crippen molar-refractivity contribution < 1.29 is 23.8 Å². The zero-order valence-corrected chi connectivity index (χ0v) is 16.1. The van der Waals surface area contributed by atoms with Crippen LogP contribution in [0.5, 0.6) is 0 Å². The van der Waals surface area contributed by atoms with Crippen LogP contribution in [0.3, 0.4) is 0 Å². The van der Waals surface area contributed by atoms with Crippen molar-refractivity contribution in [2.24, 2.45) is 4.99 Å². The molecule has 0 aliphatic carbocycles. The number of esters is 1. The molecule has 7 heteroatoms. The summed E-state index contributed by atoms with van der Waals surface area (Å²) >= 11 is 0. The first-order valence-electron chi connectivity index (χ1n) is 9.38. The molecule has 0 spiro atoms. The third-order valence-electron chi connectivity index (χ3n) is 5.01. The van der Waals surface area contributed by atoms with Gasteiger partial charge in [0.25, 0.3) is 5.91 Å². The summed E-state index contributed by atoms with van der Waals surface area (Å²) < 4.78 is 17.4. The first kappa shape index (κ1) is 19.5. The summed E-state index contributed by atoms with van der Waals surface area (Å²) in [6.07, 6.45) is 0.603. The molecule has 2 atom stereocenters. The average molecular weight is 374 g/mol. The highest BCUT2D eigenvalue weighted by molar-refractivity contribution is 6.06. The number of hydrogen-bond donors (Lipinski definition) is 0. The van der Waals surface area contributed by atoms with Gasteiger partial charge in [-0.3, -0.25) is 14.7 Å². The molecular weight excluding hydrogens is 348 g/mol. The van der Waals surface area contributed by atoms with E-state index in [-0.39, 0.29) is 18.9 Å². The number of carbonyl (C=O) groups excluding carboxylic acids is 2. The molecule has 3 rings (SSSR count). The predicted octanol–water partition coefficient (Wildman–Crippen LogP) is 2.21. The first-order chi connectivity index (χ1) is 13.0. The molecule has 146 valence electrons. The molecule has 7 nitrogen and oxygen atoms in total. The Balaban J connectivity index is 2.20. The monoisotopic (exact) mass is 374 g/mol. The largest absolute Gasteiger partial charge is 0.464 e. The lowest BCUT2D eigenvalue weighted by Gasteiger charge is -2.34. The fourth-order valence-electron chi connectivity index (χ4n) is 4.03. The third kappa shape index (κ3) is 3.15. The summed E-state index contributed by atoms with van der Waals surface area (Å²) in [6.45, 7) is 10.2. The maximum absolute atomic E-state index is 13.3. The number of anilines is 1. The van der Waals surface area contributed by atoms with E-state index in [1.807, 2.05) is 32.0 Å². The highest BCUT2D eigenvalue weighted by Gasteiger charge is 2.52. The molecule has 27 heavy (non-hydrogen) atoms. The average Bonchev–Trinajstić information content (AvgIpc) is 3.01. The van der Waals surface area contributed by atoms with Crippen LogP contribution in [0.1, 0.15) is 38.3 Å². The minimum atomic E-state index is -1.12. The molecule has 0 N–H and O–H groups in total. The molecule has 0 aromatic heterocycles. The van der Waals surface area contributed by atoms with Crippen LogP contribution in [0, 0.1) is 0 Å². The Morgan fingerprint density at radius 3 is 2.56 bits per heavy atom. The van der Waals surface area contributed by atoms with E-state index >= 15 is 0 Å². The molecule has 1 aromatic carbocycles. The number of amides is 1. The number of para-hydroxylation sites is 1. The molecule has 2 aliphatic rings. The second-order valence-corrected chi connectivity index (χ2v) is 6.51. The topological polar surface area (TPSA) is 77.4 Å². The zero-order valence-electron chi connectivity index (χ0n) is 16.1. The van der Waals surface area contributed by atoms with Crippen molar-refractivity contribution in [3.63, 3.8) is 0 Å². The van der Waals surface area contributed by atoms with E-state index in [1.54, 1.807) is 6.92 Å². The van der Waals surface area contributed by atoms with Crippen LogP contribution in [0.2, 0.25) is 0 Å². The number of rotatable bonds is 7. The summed E-state index contributed by atoms with van der Waals surface area (Å²) in [4.78, 5) is 31.4. The molecule has 1 aromatic rings. The second kappa shape index (κ2) is 7.78. The Morgan fingerprint density at radius 1 is 1.26 bits per heavy atom. The zero-order chi connectivity index (χ0) is 19.6. The van der Waals surface area contributed by atoms with Gasteiger partial charge in [0.15, 0.2) is 5.79 Å². The third-order valence-corrected chi connectivity index (χ3v) is 5.01. The standard InChI is InChI=1S/C20H26N2O5/c1-5-25-19(24)16-11-13-9-8-10-14-17(13)22(16)18(23)15(21-4)12-20(14,26-6-2)27-7-3/h8-10,15-16H,4-7,11-12H2,1-3H3. The van der Waals surface area contributed by atoms with Gasteiger partial charge < -0.3 is 14.2 Å². The first-order valence-corrected chi connectivity index (χ1v) is 9.38. The predicted molar refractivity (Wildman–Crippen MR) is 101 cm³/mol. The molecular formula is C20H26N2O5. The number of aliphatic imine (C=N–C) groups is 1. The summed E-state index contributed by atoms with van der Waals surface area (Å²) in [5.74, 6) is -1.82. The lowest BCUT2D eigenvalue weighted by molar-refractivity contribution is -0.247. The van der Waals surface area contributed by atoms with Crippen LogP contribution in [-0.2, 0) is 36.0 Å². The van der Waals surface area contributed by atoms with Gasteiger partial charge in [-0.1, -0.05) is 18.2 Å². The van der Waals surface area contributed by atoms with Gasteiger partial charge in [0, 0.05) is 31.6 Å². The van der Waals surface area contributed by atoms with Crippen LogP contribution in [-0.4, -0.2) is 50.5 Å². The highest BCUT2D eigenvalue weighted by atomic mass is 16.7. The maximum atomic E-state index is 13.3. The van der Waals surface area contributed by atoms with Gasteiger partial charge in [0.2, 0.25) is 0 Å². The van der Waals surface area contributed by atoms with Gasteiger partial charge >= 0.3 is 5.97 Å². The summed E-state index contributed by atoms with van der Waals surface area (Å²) in [7, 11) is 0. The van der Waals surface area contributed by atoms with E-state index in [9.17, 15) is 9.59 Å². The van der Waals surface area contributed by atoms with Gasteiger partial charge in [-0.2, -0.15) is 0 Å². The van der Waals surface area contributed by atoms with Crippen molar-refractivity contribution >= 4 is 24.3 Å². The Labute approximate surface area is 159 Å². The fraction of sp³-hybridized carbons (Fsp3) is 0.550. The molecule has 1 amide bonds. The minimum Gasteiger partial charge on any atom is -0.464 e. The Hall–Kier alpha value is -2.25. The quantitative estimate of drug-likeness (QED) is 0.415. The van der Waals surface area contributed by atoms with Gasteiger partial charge in [-0.25, -0.2) is 4.79 Å². The Morgan fingerprint density at radius 2 is 1.96 bits per heavy atom. The lowest BCUT2D eigenvalue weighted by Crippen LogP contribution is -2.47. The van der Waals surface area contributed by atoms with Crippen LogP contribution < -0.4 is 4.90 Å². The number of ether oxygens (including phenoxy) is 3.